The Labute approximate surface area is 161 Å². The maximum Gasteiger partial charge on any atom is 0.238 e. The predicted octanol–water partition coefficient (Wildman–Crippen LogP) is 1.71. The molecule has 0 saturated carbocycles. The molecule has 1 N–H and O–H groups in total. The van der Waals surface area contributed by atoms with Crippen molar-refractivity contribution in [3.05, 3.63) is 23.8 Å². The van der Waals surface area contributed by atoms with Crippen molar-refractivity contribution >= 4 is 15.9 Å². The first-order chi connectivity index (χ1) is 12.7. The van der Waals surface area contributed by atoms with Crippen molar-refractivity contribution in [2.45, 2.75) is 51.2 Å². The Balaban J connectivity index is 1.53. The van der Waals surface area contributed by atoms with Crippen LogP contribution in [-0.2, 0) is 21.2 Å². The SMILES string of the molecule is CC1(C)Cc2cccc(OCCNC(=O)C3CCCCN3S(C)(=O)=O)c2O1. The molecule has 1 aromatic carbocycles. The lowest BCUT2D eigenvalue weighted by molar-refractivity contribution is -0.125. The van der Waals surface area contributed by atoms with E-state index >= 15 is 0 Å². The highest BCUT2D eigenvalue weighted by molar-refractivity contribution is 7.88. The van der Waals surface area contributed by atoms with Crippen molar-refractivity contribution in [2.75, 3.05) is 26.0 Å². The van der Waals surface area contributed by atoms with Gasteiger partial charge in [-0.2, -0.15) is 4.31 Å². The van der Waals surface area contributed by atoms with Crippen LogP contribution in [0.2, 0.25) is 0 Å². The Bertz CT molecular complexity index is 806. The number of para-hydroxylation sites is 1. The number of carbonyl (C=O) groups excluding carboxylic acids is 1. The number of amides is 1. The molecule has 8 heteroatoms. The van der Waals surface area contributed by atoms with E-state index in [1.54, 1.807) is 0 Å². The molecular formula is C19H28N2O5S. The lowest BCUT2D eigenvalue weighted by Gasteiger charge is -2.32. The van der Waals surface area contributed by atoms with Gasteiger partial charge >= 0.3 is 0 Å². The second-order valence-corrected chi connectivity index (χ2v) is 9.74. The highest BCUT2D eigenvalue weighted by Gasteiger charge is 2.34. The van der Waals surface area contributed by atoms with Gasteiger partial charge in [-0.1, -0.05) is 18.6 Å². The van der Waals surface area contributed by atoms with E-state index in [2.05, 4.69) is 5.32 Å². The minimum Gasteiger partial charge on any atom is -0.488 e. The number of hydrogen-bond donors (Lipinski definition) is 1. The third kappa shape index (κ3) is 4.73. The zero-order chi connectivity index (χ0) is 19.7. The van der Waals surface area contributed by atoms with Gasteiger partial charge in [-0.3, -0.25) is 4.79 Å². The average molecular weight is 397 g/mol. The average Bonchev–Trinajstić information content (AvgIpc) is 2.92. The highest BCUT2D eigenvalue weighted by atomic mass is 32.2. The quantitative estimate of drug-likeness (QED) is 0.740. The lowest BCUT2D eigenvalue weighted by atomic mass is 10.0. The number of nitrogens with one attached hydrogen (secondary N) is 1. The van der Waals surface area contributed by atoms with Gasteiger partial charge in [-0.05, 0) is 32.8 Å². The maximum absolute atomic E-state index is 12.4. The second-order valence-electron chi connectivity index (χ2n) is 7.81. The highest BCUT2D eigenvalue weighted by Crippen LogP contribution is 2.41. The van der Waals surface area contributed by atoms with Gasteiger partial charge in [0.1, 0.15) is 18.2 Å². The van der Waals surface area contributed by atoms with Gasteiger partial charge in [-0.25, -0.2) is 8.42 Å². The summed E-state index contributed by atoms with van der Waals surface area (Å²) in [5.41, 5.74) is 0.874. The molecule has 1 saturated heterocycles. The number of nitrogens with zero attached hydrogens (tertiary/aromatic N) is 1. The first-order valence-corrected chi connectivity index (χ1v) is 11.2. The zero-order valence-electron chi connectivity index (χ0n) is 16.2. The summed E-state index contributed by atoms with van der Waals surface area (Å²) >= 11 is 0. The van der Waals surface area contributed by atoms with Crippen LogP contribution >= 0.6 is 0 Å². The van der Waals surface area contributed by atoms with Crippen LogP contribution in [0.1, 0.15) is 38.7 Å². The summed E-state index contributed by atoms with van der Waals surface area (Å²) < 4.78 is 36.8. The van der Waals surface area contributed by atoms with E-state index in [0.717, 1.165) is 36.8 Å². The summed E-state index contributed by atoms with van der Waals surface area (Å²) in [6, 6.07) is 5.19. The molecule has 1 unspecified atom stereocenters. The molecule has 3 rings (SSSR count). The van der Waals surface area contributed by atoms with E-state index in [1.807, 2.05) is 32.0 Å². The van der Waals surface area contributed by atoms with Crippen molar-refractivity contribution in [1.82, 2.24) is 9.62 Å². The molecule has 1 fully saturated rings. The molecule has 0 bridgehead atoms. The van der Waals surface area contributed by atoms with E-state index in [9.17, 15) is 13.2 Å². The molecule has 27 heavy (non-hydrogen) atoms. The number of sulfonamides is 1. The van der Waals surface area contributed by atoms with Crippen molar-refractivity contribution < 1.29 is 22.7 Å². The van der Waals surface area contributed by atoms with E-state index in [4.69, 9.17) is 9.47 Å². The zero-order valence-corrected chi connectivity index (χ0v) is 17.0. The maximum atomic E-state index is 12.4. The molecule has 2 heterocycles. The molecule has 7 nitrogen and oxygen atoms in total. The van der Waals surface area contributed by atoms with E-state index < -0.39 is 16.1 Å². The lowest BCUT2D eigenvalue weighted by Crippen LogP contribution is -2.52. The summed E-state index contributed by atoms with van der Waals surface area (Å²) in [4.78, 5) is 12.4. The first-order valence-electron chi connectivity index (χ1n) is 9.36. The van der Waals surface area contributed by atoms with Crippen molar-refractivity contribution in [3.8, 4) is 11.5 Å². The predicted molar refractivity (Wildman–Crippen MR) is 103 cm³/mol. The third-order valence-corrected chi connectivity index (χ3v) is 6.19. The van der Waals surface area contributed by atoms with E-state index in [0.29, 0.717) is 25.3 Å². The van der Waals surface area contributed by atoms with Crippen molar-refractivity contribution in [1.29, 1.82) is 0 Å². The molecule has 0 spiro atoms. The van der Waals surface area contributed by atoms with Crippen molar-refractivity contribution in [2.24, 2.45) is 0 Å². The summed E-state index contributed by atoms with van der Waals surface area (Å²) in [5.74, 6) is 1.17. The van der Waals surface area contributed by atoms with E-state index in [1.165, 1.54) is 4.31 Å². The van der Waals surface area contributed by atoms with Gasteiger partial charge in [0.2, 0.25) is 15.9 Å². The van der Waals surface area contributed by atoms with Gasteiger partial charge in [0.25, 0.3) is 0 Å². The van der Waals surface area contributed by atoms with Crippen molar-refractivity contribution in [3.63, 3.8) is 0 Å². The fraction of sp³-hybridized carbons (Fsp3) is 0.632. The Morgan fingerprint density at radius 3 is 2.89 bits per heavy atom. The normalized spacial score (nSPS) is 22.0. The number of benzene rings is 1. The molecule has 1 amide bonds. The molecule has 2 aliphatic rings. The van der Waals surface area contributed by atoms with Gasteiger partial charge < -0.3 is 14.8 Å². The van der Waals surface area contributed by atoms with Crippen LogP contribution in [0, 0.1) is 0 Å². The number of rotatable bonds is 6. The molecule has 1 aromatic rings. The molecule has 0 radical (unpaired) electrons. The van der Waals surface area contributed by atoms with Gasteiger partial charge in [-0.15, -0.1) is 0 Å². The Kier molecular flexibility index (Phi) is 5.67. The van der Waals surface area contributed by atoms with Gasteiger partial charge in [0.05, 0.1) is 12.8 Å². The number of fused-ring (bicyclic) bond motifs is 1. The second kappa shape index (κ2) is 7.67. The summed E-state index contributed by atoms with van der Waals surface area (Å²) in [5, 5.41) is 2.80. The molecule has 1 atom stereocenters. The Hall–Kier alpha value is -1.80. The molecule has 0 aromatic heterocycles. The smallest absolute Gasteiger partial charge is 0.238 e. The molecule has 0 aliphatic carbocycles. The number of hydrogen-bond acceptors (Lipinski definition) is 5. The number of carbonyl (C=O) groups is 1. The minimum atomic E-state index is -3.39. The molecule has 2 aliphatic heterocycles. The largest absolute Gasteiger partial charge is 0.488 e. The molecular weight excluding hydrogens is 368 g/mol. The van der Waals surface area contributed by atoms with Crippen LogP contribution < -0.4 is 14.8 Å². The van der Waals surface area contributed by atoms with Crippen LogP contribution in [0.5, 0.6) is 11.5 Å². The topological polar surface area (TPSA) is 84.9 Å². The van der Waals surface area contributed by atoms with Crippen LogP contribution in [0.4, 0.5) is 0 Å². The standard InChI is InChI=1S/C19H28N2O5S/c1-19(2)13-14-7-6-9-16(17(14)26-19)25-12-10-20-18(22)15-8-4-5-11-21(15)27(3,23)24/h6-7,9,15H,4-5,8,10-13H2,1-3H3,(H,20,22). The fourth-order valence-corrected chi connectivity index (χ4v) is 4.84. The van der Waals surface area contributed by atoms with Crippen LogP contribution in [0.25, 0.3) is 0 Å². The minimum absolute atomic E-state index is 0.244. The Morgan fingerprint density at radius 1 is 1.37 bits per heavy atom. The molecule has 150 valence electrons. The summed E-state index contributed by atoms with van der Waals surface area (Å²) in [7, 11) is -3.39. The number of ether oxygens (including phenoxy) is 2. The van der Waals surface area contributed by atoms with Gasteiger partial charge in [0.15, 0.2) is 11.5 Å². The van der Waals surface area contributed by atoms with Crippen LogP contribution in [-0.4, -0.2) is 56.2 Å². The monoisotopic (exact) mass is 396 g/mol. The fourth-order valence-electron chi connectivity index (χ4n) is 3.72. The summed E-state index contributed by atoms with van der Waals surface area (Å²) in [6.45, 7) is 5.07. The van der Waals surface area contributed by atoms with Crippen LogP contribution in [0.3, 0.4) is 0 Å². The third-order valence-electron chi connectivity index (χ3n) is 4.90. The Morgan fingerprint density at radius 2 is 2.15 bits per heavy atom. The number of piperidine rings is 1. The van der Waals surface area contributed by atoms with Crippen LogP contribution in [0.15, 0.2) is 18.2 Å². The van der Waals surface area contributed by atoms with E-state index in [-0.39, 0.29) is 18.1 Å². The summed E-state index contributed by atoms with van der Waals surface area (Å²) in [6.07, 6.45) is 4.17. The van der Waals surface area contributed by atoms with Gasteiger partial charge in [0, 0.05) is 18.5 Å². The first kappa shape index (κ1) is 19.9.